The fourth-order valence-electron chi connectivity index (χ4n) is 3.77. The second-order valence-electron chi connectivity index (χ2n) is 8.21. The summed E-state index contributed by atoms with van der Waals surface area (Å²) in [5.74, 6) is -0.177. The predicted molar refractivity (Wildman–Crippen MR) is 135 cm³/mol. The maximum atomic E-state index is 12.7. The number of hydrogen-bond donors (Lipinski definition) is 1. The third-order valence-corrected chi connectivity index (χ3v) is 5.56. The van der Waals surface area contributed by atoms with Crippen LogP contribution in [0.25, 0.3) is 28.3 Å². The van der Waals surface area contributed by atoms with Crippen molar-refractivity contribution >= 4 is 12.0 Å². The number of benzene rings is 4. The molecule has 0 unspecified atom stereocenters. The zero-order valence-corrected chi connectivity index (χ0v) is 19.2. The summed E-state index contributed by atoms with van der Waals surface area (Å²) >= 11 is 0. The van der Waals surface area contributed by atoms with Crippen molar-refractivity contribution in [2.75, 3.05) is 6.61 Å². The summed E-state index contributed by atoms with van der Waals surface area (Å²) in [6.07, 6.45) is -0.577. The molecule has 0 aliphatic heterocycles. The number of alkyl halides is 3. The highest BCUT2D eigenvalue weighted by Crippen LogP contribution is 2.31. The van der Waals surface area contributed by atoms with Crippen LogP contribution in [0.5, 0.6) is 5.75 Å². The highest BCUT2D eigenvalue weighted by molar-refractivity contribution is 5.72. The van der Waals surface area contributed by atoms with Crippen molar-refractivity contribution in [3.8, 4) is 28.0 Å². The number of hydrogen-bond acceptors (Lipinski definition) is 2. The largest absolute Gasteiger partial charge is 0.490 e. The predicted octanol–water partition coefficient (Wildman–Crippen LogP) is 7.76. The monoisotopic (exact) mass is 488 g/mol. The highest BCUT2D eigenvalue weighted by Gasteiger charge is 2.29. The van der Waals surface area contributed by atoms with E-state index in [1.54, 1.807) is 6.07 Å². The molecule has 4 rings (SSSR count). The first kappa shape index (κ1) is 24.8. The second kappa shape index (κ2) is 11.0. The van der Waals surface area contributed by atoms with Crippen molar-refractivity contribution in [3.05, 3.63) is 120 Å². The second-order valence-corrected chi connectivity index (χ2v) is 8.21. The highest BCUT2D eigenvalue weighted by atomic mass is 19.4. The van der Waals surface area contributed by atoms with E-state index in [9.17, 15) is 18.0 Å². The van der Waals surface area contributed by atoms with Gasteiger partial charge in [-0.05, 0) is 63.7 Å². The zero-order valence-electron chi connectivity index (χ0n) is 19.2. The van der Waals surface area contributed by atoms with Gasteiger partial charge in [-0.25, -0.2) is 0 Å². The van der Waals surface area contributed by atoms with Crippen LogP contribution in [0, 0.1) is 0 Å². The number of carboxylic acid groups (broad SMARTS) is 1. The van der Waals surface area contributed by atoms with E-state index in [2.05, 4.69) is 0 Å². The molecule has 0 saturated heterocycles. The van der Waals surface area contributed by atoms with Crippen LogP contribution in [0.4, 0.5) is 13.2 Å². The van der Waals surface area contributed by atoms with Crippen LogP contribution >= 0.6 is 0 Å². The van der Waals surface area contributed by atoms with Gasteiger partial charge in [-0.2, -0.15) is 13.2 Å². The molecule has 0 heterocycles. The third kappa shape index (κ3) is 6.63. The lowest BCUT2D eigenvalue weighted by atomic mass is 10.0. The Balaban J connectivity index is 1.35. The Hall–Kier alpha value is -4.32. The molecule has 0 saturated carbocycles. The van der Waals surface area contributed by atoms with Crippen molar-refractivity contribution in [1.82, 2.24) is 0 Å². The Bertz CT molecular complexity index is 1360. The molecule has 1 N–H and O–H groups in total. The lowest BCUT2D eigenvalue weighted by molar-refractivity contribution is -0.138. The molecule has 182 valence electrons. The van der Waals surface area contributed by atoms with Crippen LogP contribution in [-0.2, 0) is 17.4 Å². The molecular weight excluding hydrogens is 465 g/mol. The van der Waals surface area contributed by atoms with Gasteiger partial charge in [0, 0.05) is 0 Å². The quantitative estimate of drug-likeness (QED) is 0.276. The molecule has 0 spiro atoms. The summed E-state index contributed by atoms with van der Waals surface area (Å²) in [4.78, 5) is 11.0. The van der Waals surface area contributed by atoms with Gasteiger partial charge in [0.1, 0.15) is 12.4 Å². The SMILES string of the molecule is O=C(O)Cc1cccc(-c2cccc(OCC=Cc3ccc(-c4ccc(C(F)(F)F)cc4)cc3)c2)c1. The first-order valence-electron chi connectivity index (χ1n) is 11.3. The summed E-state index contributed by atoms with van der Waals surface area (Å²) in [7, 11) is 0. The molecular formula is C30H23F3O3. The smallest absolute Gasteiger partial charge is 0.416 e. The summed E-state index contributed by atoms with van der Waals surface area (Å²) in [6.45, 7) is 0.350. The van der Waals surface area contributed by atoms with Crippen molar-refractivity contribution in [1.29, 1.82) is 0 Å². The van der Waals surface area contributed by atoms with Gasteiger partial charge >= 0.3 is 12.1 Å². The van der Waals surface area contributed by atoms with Crippen LogP contribution < -0.4 is 4.74 Å². The van der Waals surface area contributed by atoms with Crippen LogP contribution in [0.15, 0.2) is 103 Å². The van der Waals surface area contributed by atoms with Crippen molar-refractivity contribution in [3.63, 3.8) is 0 Å². The minimum absolute atomic E-state index is 0.0276. The fourth-order valence-corrected chi connectivity index (χ4v) is 3.77. The molecule has 0 aliphatic rings. The van der Waals surface area contributed by atoms with Crippen molar-refractivity contribution in [2.45, 2.75) is 12.6 Å². The first-order chi connectivity index (χ1) is 17.3. The molecule has 0 fully saturated rings. The van der Waals surface area contributed by atoms with Gasteiger partial charge in [0.05, 0.1) is 12.0 Å². The maximum absolute atomic E-state index is 12.7. The van der Waals surface area contributed by atoms with Gasteiger partial charge in [-0.1, -0.05) is 78.9 Å². The number of rotatable bonds is 8. The molecule has 6 heteroatoms. The maximum Gasteiger partial charge on any atom is 0.416 e. The minimum Gasteiger partial charge on any atom is -0.490 e. The first-order valence-corrected chi connectivity index (χ1v) is 11.3. The van der Waals surface area contributed by atoms with E-state index in [0.717, 1.165) is 45.5 Å². The lowest BCUT2D eigenvalue weighted by Gasteiger charge is -2.08. The van der Waals surface area contributed by atoms with E-state index >= 15 is 0 Å². The van der Waals surface area contributed by atoms with E-state index in [-0.39, 0.29) is 6.42 Å². The van der Waals surface area contributed by atoms with E-state index < -0.39 is 17.7 Å². The summed E-state index contributed by atoms with van der Waals surface area (Å²) in [5.41, 5.74) is 4.42. The van der Waals surface area contributed by atoms with E-state index in [1.165, 1.54) is 12.1 Å². The minimum atomic E-state index is -4.34. The fraction of sp³-hybridized carbons (Fsp3) is 0.100. The molecule has 0 radical (unpaired) electrons. The van der Waals surface area contributed by atoms with Crippen LogP contribution in [0.3, 0.4) is 0 Å². The van der Waals surface area contributed by atoms with Crippen LogP contribution in [-0.4, -0.2) is 17.7 Å². The molecule has 0 atom stereocenters. The molecule has 4 aromatic rings. The third-order valence-electron chi connectivity index (χ3n) is 5.56. The van der Waals surface area contributed by atoms with Crippen molar-refractivity contribution in [2.24, 2.45) is 0 Å². The van der Waals surface area contributed by atoms with Gasteiger partial charge in [0.25, 0.3) is 0 Å². The number of ether oxygens (including phenoxy) is 1. The lowest BCUT2D eigenvalue weighted by Crippen LogP contribution is -2.03. The Morgan fingerprint density at radius 2 is 1.39 bits per heavy atom. The standard InChI is InChI=1S/C30H23F3O3/c31-30(32,33)27-15-13-24(14-16-27)23-11-9-21(10-12-23)5-3-17-36-28-8-2-7-26(20-28)25-6-1-4-22(18-25)19-29(34)35/h1-16,18,20H,17,19H2,(H,34,35). The topological polar surface area (TPSA) is 46.5 Å². The number of carboxylic acids is 1. The number of aliphatic carboxylic acids is 1. The van der Waals surface area contributed by atoms with Crippen LogP contribution in [0.2, 0.25) is 0 Å². The van der Waals surface area contributed by atoms with E-state index in [0.29, 0.717) is 12.4 Å². The molecule has 3 nitrogen and oxygen atoms in total. The summed E-state index contributed by atoms with van der Waals surface area (Å²) < 4.78 is 44.1. The Morgan fingerprint density at radius 3 is 2.03 bits per heavy atom. The molecule has 0 aliphatic carbocycles. The molecule has 0 bridgehead atoms. The van der Waals surface area contributed by atoms with Gasteiger partial charge < -0.3 is 9.84 Å². The molecule has 4 aromatic carbocycles. The number of carbonyl (C=O) groups is 1. The van der Waals surface area contributed by atoms with E-state index in [4.69, 9.17) is 9.84 Å². The van der Waals surface area contributed by atoms with E-state index in [1.807, 2.05) is 78.9 Å². The zero-order chi connectivity index (χ0) is 25.5. The number of halogens is 3. The van der Waals surface area contributed by atoms with Gasteiger partial charge in [0.2, 0.25) is 0 Å². The summed E-state index contributed by atoms with van der Waals surface area (Å²) in [5, 5.41) is 9.01. The molecule has 36 heavy (non-hydrogen) atoms. The Kier molecular flexibility index (Phi) is 7.54. The van der Waals surface area contributed by atoms with Gasteiger partial charge in [0.15, 0.2) is 0 Å². The van der Waals surface area contributed by atoms with Crippen LogP contribution in [0.1, 0.15) is 16.7 Å². The average Bonchev–Trinajstić information content (AvgIpc) is 2.87. The Labute approximate surface area is 207 Å². The van der Waals surface area contributed by atoms with Crippen molar-refractivity contribution < 1.29 is 27.8 Å². The van der Waals surface area contributed by atoms with Gasteiger partial charge in [-0.15, -0.1) is 0 Å². The van der Waals surface area contributed by atoms with Gasteiger partial charge in [-0.3, -0.25) is 4.79 Å². The molecule has 0 aromatic heterocycles. The normalized spacial score (nSPS) is 11.5. The summed E-state index contributed by atoms with van der Waals surface area (Å²) in [6, 6.07) is 27.7. The average molecular weight is 489 g/mol. The Morgan fingerprint density at radius 1 is 0.778 bits per heavy atom. The molecule has 0 amide bonds.